The van der Waals surface area contributed by atoms with Crippen LogP contribution < -0.4 is 5.73 Å². The van der Waals surface area contributed by atoms with Crippen LogP contribution in [0.4, 0.5) is 5.82 Å². The van der Waals surface area contributed by atoms with Crippen LogP contribution in [-0.2, 0) is 0 Å². The second-order valence-electron chi connectivity index (χ2n) is 2.92. The molecule has 0 saturated heterocycles. The number of halogens is 1. The number of pyridine rings is 2. The van der Waals surface area contributed by atoms with E-state index in [0.717, 1.165) is 0 Å². The highest BCUT2D eigenvalue weighted by atomic mass is 79.9. The van der Waals surface area contributed by atoms with Crippen LogP contribution in [0.25, 0.3) is 10.9 Å². The van der Waals surface area contributed by atoms with Gasteiger partial charge in [0.05, 0.1) is 16.2 Å². The van der Waals surface area contributed by atoms with Gasteiger partial charge in [-0.3, -0.25) is 0 Å². The van der Waals surface area contributed by atoms with Crippen LogP contribution >= 0.6 is 15.9 Å². The van der Waals surface area contributed by atoms with Crippen molar-refractivity contribution in [2.75, 3.05) is 5.73 Å². The van der Waals surface area contributed by atoms with E-state index in [-0.39, 0.29) is 5.69 Å². The number of hydrogen-bond donors (Lipinski definition) is 2. The number of rotatable bonds is 1. The molecule has 15 heavy (non-hydrogen) atoms. The molecule has 0 spiro atoms. The Morgan fingerprint density at radius 2 is 2.20 bits per heavy atom. The minimum Gasteiger partial charge on any atom is -0.477 e. The fourth-order valence-electron chi connectivity index (χ4n) is 1.18. The Hall–Kier alpha value is -1.69. The summed E-state index contributed by atoms with van der Waals surface area (Å²) in [6.45, 7) is 0. The van der Waals surface area contributed by atoms with E-state index < -0.39 is 5.97 Å². The van der Waals surface area contributed by atoms with Crippen molar-refractivity contribution in [2.45, 2.75) is 0 Å². The molecule has 5 nitrogen and oxygen atoms in total. The molecule has 0 bridgehead atoms. The summed E-state index contributed by atoms with van der Waals surface area (Å²) in [7, 11) is 0. The number of nitrogens with zero attached hydrogens (tertiary/aromatic N) is 2. The normalized spacial score (nSPS) is 10.5. The van der Waals surface area contributed by atoms with Crippen molar-refractivity contribution in [2.24, 2.45) is 0 Å². The molecule has 3 N–H and O–H groups in total. The molecule has 0 aliphatic heterocycles. The van der Waals surface area contributed by atoms with Crippen molar-refractivity contribution in [3.63, 3.8) is 0 Å². The summed E-state index contributed by atoms with van der Waals surface area (Å²) in [4.78, 5) is 18.5. The molecule has 0 amide bonds. The maximum absolute atomic E-state index is 10.7. The Balaban J connectivity index is 2.72. The lowest BCUT2D eigenvalue weighted by atomic mass is 10.2. The first-order valence-electron chi connectivity index (χ1n) is 4.03. The molecular weight excluding hydrogens is 262 g/mol. The number of carbonyl (C=O) groups is 1. The molecule has 0 aliphatic rings. The minimum absolute atomic E-state index is 0.0130. The van der Waals surface area contributed by atoms with Gasteiger partial charge in [0.2, 0.25) is 0 Å². The topological polar surface area (TPSA) is 89.1 Å². The zero-order chi connectivity index (χ0) is 11.0. The lowest BCUT2D eigenvalue weighted by molar-refractivity contribution is 0.0691. The highest BCUT2D eigenvalue weighted by molar-refractivity contribution is 9.10. The molecule has 0 radical (unpaired) electrons. The van der Waals surface area contributed by atoms with Gasteiger partial charge >= 0.3 is 5.97 Å². The van der Waals surface area contributed by atoms with Crippen molar-refractivity contribution in [3.8, 4) is 0 Å². The maximum Gasteiger partial charge on any atom is 0.354 e. The summed E-state index contributed by atoms with van der Waals surface area (Å²) in [6.07, 6.45) is 1.39. The Bertz CT molecular complexity index is 556. The number of aromatic nitrogens is 2. The molecule has 2 heterocycles. The summed E-state index contributed by atoms with van der Waals surface area (Å²) < 4.78 is 0.637. The number of nitrogen functional groups attached to an aromatic ring is 1. The zero-order valence-corrected chi connectivity index (χ0v) is 9.02. The van der Waals surface area contributed by atoms with Gasteiger partial charge in [0.25, 0.3) is 0 Å². The maximum atomic E-state index is 10.7. The molecule has 2 aromatic heterocycles. The van der Waals surface area contributed by atoms with Crippen molar-refractivity contribution in [1.82, 2.24) is 9.97 Å². The van der Waals surface area contributed by atoms with Crippen LogP contribution in [0.15, 0.2) is 22.8 Å². The number of aromatic carboxylic acids is 1. The van der Waals surface area contributed by atoms with E-state index in [1.54, 1.807) is 6.07 Å². The van der Waals surface area contributed by atoms with Gasteiger partial charge < -0.3 is 10.8 Å². The second-order valence-corrected chi connectivity index (χ2v) is 3.78. The summed E-state index contributed by atoms with van der Waals surface area (Å²) >= 11 is 3.22. The van der Waals surface area contributed by atoms with Gasteiger partial charge in [0, 0.05) is 5.39 Å². The van der Waals surface area contributed by atoms with Gasteiger partial charge in [-0.2, -0.15) is 0 Å². The fourth-order valence-corrected chi connectivity index (χ4v) is 1.52. The molecule has 2 aromatic rings. The van der Waals surface area contributed by atoms with Gasteiger partial charge in [0.1, 0.15) is 11.5 Å². The third-order valence-electron chi connectivity index (χ3n) is 1.90. The average molecular weight is 268 g/mol. The van der Waals surface area contributed by atoms with Crippen molar-refractivity contribution < 1.29 is 9.90 Å². The summed E-state index contributed by atoms with van der Waals surface area (Å²) in [6, 6.07) is 3.17. The Kier molecular flexibility index (Phi) is 2.28. The molecule has 0 fully saturated rings. The average Bonchev–Trinajstić information content (AvgIpc) is 2.19. The van der Waals surface area contributed by atoms with Crippen LogP contribution in [0.5, 0.6) is 0 Å². The molecule has 2 rings (SSSR count). The molecule has 0 saturated carbocycles. The van der Waals surface area contributed by atoms with E-state index in [0.29, 0.717) is 21.2 Å². The Labute approximate surface area is 93.1 Å². The predicted molar refractivity (Wildman–Crippen MR) is 58.6 cm³/mol. The third-order valence-corrected chi connectivity index (χ3v) is 2.54. The van der Waals surface area contributed by atoms with Crippen molar-refractivity contribution in [3.05, 3.63) is 28.5 Å². The minimum atomic E-state index is -1.06. The number of carboxylic acids is 1. The Morgan fingerprint density at radius 1 is 1.47 bits per heavy atom. The SMILES string of the molecule is Nc1nc2cnc(C(=O)O)cc2cc1Br. The molecule has 0 atom stereocenters. The van der Waals surface area contributed by atoms with Crippen LogP contribution in [-0.4, -0.2) is 21.0 Å². The molecule has 76 valence electrons. The molecule has 0 aromatic carbocycles. The Morgan fingerprint density at radius 3 is 2.87 bits per heavy atom. The highest BCUT2D eigenvalue weighted by Gasteiger charge is 2.07. The first-order valence-corrected chi connectivity index (χ1v) is 4.82. The molecule has 0 unspecified atom stereocenters. The van der Waals surface area contributed by atoms with E-state index in [1.165, 1.54) is 12.3 Å². The van der Waals surface area contributed by atoms with Gasteiger partial charge in [-0.05, 0) is 28.1 Å². The van der Waals surface area contributed by atoms with E-state index in [9.17, 15) is 4.79 Å². The first-order chi connectivity index (χ1) is 7.08. The van der Waals surface area contributed by atoms with E-state index in [2.05, 4.69) is 25.9 Å². The van der Waals surface area contributed by atoms with Crippen LogP contribution in [0.3, 0.4) is 0 Å². The smallest absolute Gasteiger partial charge is 0.354 e. The first kappa shape index (κ1) is 9.85. The van der Waals surface area contributed by atoms with Gasteiger partial charge in [0.15, 0.2) is 0 Å². The van der Waals surface area contributed by atoms with Crippen molar-refractivity contribution >= 4 is 38.6 Å². The number of nitrogens with two attached hydrogens (primary N) is 1. The lowest BCUT2D eigenvalue weighted by Crippen LogP contribution is -2.00. The van der Waals surface area contributed by atoms with Crippen LogP contribution in [0.2, 0.25) is 0 Å². The number of hydrogen-bond acceptors (Lipinski definition) is 4. The van der Waals surface area contributed by atoms with Crippen LogP contribution in [0.1, 0.15) is 10.5 Å². The number of fused-ring (bicyclic) bond motifs is 1. The molecule has 6 heteroatoms. The van der Waals surface area contributed by atoms with E-state index >= 15 is 0 Å². The standard InChI is InChI=1S/C9H6BrN3O2/c10-5-1-4-2-6(9(14)15)12-3-7(4)13-8(5)11/h1-3H,(H2,11,13)(H,14,15). The summed E-state index contributed by atoms with van der Waals surface area (Å²) in [5.41, 5.74) is 6.14. The largest absolute Gasteiger partial charge is 0.477 e. The fraction of sp³-hybridized carbons (Fsp3) is 0. The highest BCUT2D eigenvalue weighted by Crippen LogP contribution is 2.22. The number of anilines is 1. The predicted octanol–water partition coefficient (Wildman–Crippen LogP) is 1.67. The lowest BCUT2D eigenvalue weighted by Gasteiger charge is -2.01. The van der Waals surface area contributed by atoms with Crippen LogP contribution in [0, 0.1) is 0 Å². The molecular formula is C9H6BrN3O2. The van der Waals surface area contributed by atoms with Crippen molar-refractivity contribution in [1.29, 1.82) is 0 Å². The van der Waals surface area contributed by atoms with E-state index in [1.807, 2.05) is 0 Å². The number of carboxylic acid groups (broad SMARTS) is 1. The van der Waals surface area contributed by atoms with E-state index in [4.69, 9.17) is 10.8 Å². The van der Waals surface area contributed by atoms with Gasteiger partial charge in [-0.15, -0.1) is 0 Å². The second kappa shape index (κ2) is 3.47. The molecule has 0 aliphatic carbocycles. The quantitative estimate of drug-likeness (QED) is 0.821. The van der Waals surface area contributed by atoms with Gasteiger partial charge in [-0.1, -0.05) is 0 Å². The third kappa shape index (κ3) is 1.75. The van der Waals surface area contributed by atoms with Gasteiger partial charge in [-0.25, -0.2) is 14.8 Å². The summed E-state index contributed by atoms with van der Waals surface area (Å²) in [5, 5.41) is 9.43. The summed E-state index contributed by atoms with van der Waals surface area (Å²) in [5.74, 6) is -0.711. The monoisotopic (exact) mass is 267 g/mol. The zero-order valence-electron chi connectivity index (χ0n) is 7.44.